The molecule has 0 bridgehead atoms. The lowest BCUT2D eigenvalue weighted by Gasteiger charge is -2.10. The minimum absolute atomic E-state index is 0.108. The van der Waals surface area contributed by atoms with Crippen molar-refractivity contribution in [1.82, 2.24) is 20.1 Å². The number of thiophene rings is 1. The number of carbonyl (C=O) groups is 1. The summed E-state index contributed by atoms with van der Waals surface area (Å²) in [6.45, 7) is 0.970. The molecule has 2 aromatic heterocycles. The Labute approximate surface area is 198 Å². The summed E-state index contributed by atoms with van der Waals surface area (Å²) < 4.78 is 2.05. The Kier molecular flexibility index (Phi) is 7.29. The Hall–Kier alpha value is -2.32. The molecule has 0 fully saturated rings. The van der Waals surface area contributed by atoms with Crippen molar-refractivity contribution in [3.8, 4) is 10.7 Å². The van der Waals surface area contributed by atoms with Crippen molar-refractivity contribution in [3.63, 3.8) is 0 Å². The molecule has 0 unspecified atom stereocenters. The molecule has 5 nitrogen and oxygen atoms in total. The lowest BCUT2D eigenvalue weighted by molar-refractivity contribution is -0.118. The lowest BCUT2D eigenvalue weighted by Crippen LogP contribution is -2.25. The van der Waals surface area contributed by atoms with E-state index in [0.29, 0.717) is 28.3 Å². The molecule has 0 spiro atoms. The number of rotatable bonds is 8. The fourth-order valence-electron chi connectivity index (χ4n) is 2.93. The molecule has 0 aliphatic rings. The number of aromatic nitrogens is 3. The second kappa shape index (κ2) is 10.3. The molecule has 1 amide bonds. The summed E-state index contributed by atoms with van der Waals surface area (Å²) in [5, 5.41) is 15.4. The summed E-state index contributed by atoms with van der Waals surface area (Å²) in [7, 11) is 0. The van der Waals surface area contributed by atoms with Gasteiger partial charge in [-0.3, -0.25) is 9.36 Å². The monoisotopic (exact) mass is 488 g/mol. The Balaban J connectivity index is 1.44. The summed E-state index contributed by atoms with van der Waals surface area (Å²) in [4.78, 5) is 13.5. The molecule has 0 atom stereocenters. The first-order valence-corrected chi connectivity index (χ1v) is 12.1. The van der Waals surface area contributed by atoms with Crippen molar-refractivity contribution in [2.45, 2.75) is 18.2 Å². The third-order valence-corrected chi connectivity index (χ3v) is 6.88. The molecule has 9 heteroatoms. The van der Waals surface area contributed by atoms with Gasteiger partial charge in [-0.25, -0.2) is 0 Å². The molecule has 4 aromatic rings. The zero-order chi connectivity index (χ0) is 21.6. The molecule has 2 heterocycles. The van der Waals surface area contributed by atoms with E-state index in [2.05, 4.69) is 32.2 Å². The van der Waals surface area contributed by atoms with Gasteiger partial charge in [0.1, 0.15) is 0 Å². The predicted molar refractivity (Wildman–Crippen MR) is 128 cm³/mol. The number of thioether (sulfide) groups is 1. The van der Waals surface area contributed by atoms with Gasteiger partial charge in [-0.1, -0.05) is 77.4 Å². The third-order valence-electron chi connectivity index (χ3n) is 4.47. The maximum Gasteiger partial charge on any atom is 0.230 e. The number of nitrogens with zero attached hydrogens (tertiary/aromatic N) is 3. The minimum Gasteiger partial charge on any atom is -0.351 e. The van der Waals surface area contributed by atoms with E-state index in [9.17, 15) is 4.79 Å². The number of benzene rings is 2. The number of amides is 1. The van der Waals surface area contributed by atoms with Gasteiger partial charge in [0.05, 0.1) is 17.2 Å². The third kappa shape index (κ3) is 5.68. The second-order valence-corrected chi connectivity index (χ2v) is 9.39. The van der Waals surface area contributed by atoms with Crippen LogP contribution < -0.4 is 5.32 Å². The standard InChI is InChI=1S/C22H18Cl2N4OS2/c23-17-9-8-16(18(24)11-17)12-25-20(29)14-31-22-27-26-21(19-7-4-10-30-19)28(22)13-15-5-2-1-3-6-15/h1-11H,12-14H2,(H,25,29). The summed E-state index contributed by atoms with van der Waals surface area (Å²) in [6.07, 6.45) is 0. The Morgan fingerprint density at radius 1 is 1.06 bits per heavy atom. The number of hydrogen-bond donors (Lipinski definition) is 1. The van der Waals surface area contributed by atoms with Crippen LogP contribution in [0.5, 0.6) is 0 Å². The largest absolute Gasteiger partial charge is 0.351 e. The topological polar surface area (TPSA) is 59.8 Å². The van der Waals surface area contributed by atoms with Crippen molar-refractivity contribution in [1.29, 1.82) is 0 Å². The first-order chi connectivity index (χ1) is 15.1. The van der Waals surface area contributed by atoms with Crippen LogP contribution in [0.25, 0.3) is 10.7 Å². The maximum absolute atomic E-state index is 12.4. The van der Waals surface area contributed by atoms with E-state index in [-0.39, 0.29) is 11.7 Å². The van der Waals surface area contributed by atoms with Gasteiger partial charge in [-0.2, -0.15) is 0 Å². The summed E-state index contributed by atoms with van der Waals surface area (Å²) in [5.74, 6) is 0.917. The highest BCUT2D eigenvalue weighted by Gasteiger charge is 2.17. The van der Waals surface area contributed by atoms with Gasteiger partial charge in [0, 0.05) is 16.6 Å². The highest BCUT2D eigenvalue weighted by Crippen LogP contribution is 2.28. The molecule has 0 aliphatic heterocycles. The normalized spacial score (nSPS) is 10.9. The molecule has 0 saturated heterocycles. The molecule has 0 saturated carbocycles. The Bertz CT molecular complexity index is 1160. The van der Waals surface area contributed by atoms with Crippen LogP contribution in [-0.2, 0) is 17.9 Å². The van der Waals surface area contributed by atoms with Gasteiger partial charge in [0.25, 0.3) is 0 Å². The quantitative estimate of drug-likeness (QED) is 0.319. The van der Waals surface area contributed by atoms with Crippen LogP contribution in [0.2, 0.25) is 10.0 Å². The van der Waals surface area contributed by atoms with Crippen LogP contribution in [0.1, 0.15) is 11.1 Å². The van der Waals surface area contributed by atoms with Gasteiger partial charge < -0.3 is 5.32 Å². The fourth-order valence-corrected chi connectivity index (χ4v) is 4.89. The number of hydrogen-bond acceptors (Lipinski definition) is 5. The van der Waals surface area contributed by atoms with Crippen LogP contribution in [0.3, 0.4) is 0 Å². The van der Waals surface area contributed by atoms with Gasteiger partial charge in [-0.05, 0) is 34.7 Å². The van der Waals surface area contributed by atoms with Crippen molar-refractivity contribution >= 4 is 52.2 Å². The Morgan fingerprint density at radius 3 is 2.65 bits per heavy atom. The predicted octanol–water partition coefficient (Wildman–Crippen LogP) is 5.77. The zero-order valence-electron chi connectivity index (χ0n) is 16.3. The molecular formula is C22H18Cl2N4OS2. The van der Waals surface area contributed by atoms with Crippen molar-refractivity contribution in [3.05, 3.63) is 87.2 Å². The Morgan fingerprint density at radius 2 is 1.90 bits per heavy atom. The average Bonchev–Trinajstić information content (AvgIpc) is 3.42. The van der Waals surface area contributed by atoms with Crippen molar-refractivity contribution in [2.75, 3.05) is 5.75 Å². The van der Waals surface area contributed by atoms with Crippen molar-refractivity contribution in [2.24, 2.45) is 0 Å². The molecule has 0 radical (unpaired) electrons. The lowest BCUT2D eigenvalue weighted by atomic mass is 10.2. The van der Waals surface area contributed by atoms with Gasteiger partial charge >= 0.3 is 0 Å². The zero-order valence-corrected chi connectivity index (χ0v) is 19.4. The smallest absolute Gasteiger partial charge is 0.230 e. The number of carbonyl (C=O) groups excluding carboxylic acids is 1. The number of nitrogens with one attached hydrogen (secondary N) is 1. The van der Waals surface area contributed by atoms with E-state index in [0.717, 1.165) is 21.8 Å². The first kappa shape index (κ1) is 21.9. The fraction of sp³-hybridized carbons (Fsp3) is 0.136. The van der Waals surface area contributed by atoms with Crippen LogP contribution in [0, 0.1) is 0 Å². The molecule has 1 N–H and O–H groups in total. The molecule has 0 aliphatic carbocycles. The van der Waals surface area contributed by atoms with E-state index in [1.807, 2.05) is 41.8 Å². The van der Waals surface area contributed by atoms with Crippen LogP contribution >= 0.6 is 46.3 Å². The van der Waals surface area contributed by atoms with Gasteiger partial charge in [0.2, 0.25) is 5.91 Å². The molecule has 158 valence electrons. The van der Waals surface area contributed by atoms with E-state index in [4.69, 9.17) is 23.2 Å². The molecular weight excluding hydrogens is 471 g/mol. The van der Waals surface area contributed by atoms with Gasteiger partial charge in [-0.15, -0.1) is 21.5 Å². The van der Waals surface area contributed by atoms with E-state index < -0.39 is 0 Å². The second-order valence-electron chi connectivity index (χ2n) is 6.66. The first-order valence-electron chi connectivity index (χ1n) is 9.44. The van der Waals surface area contributed by atoms with Crippen LogP contribution in [-0.4, -0.2) is 26.4 Å². The SMILES string of the molecule is O=C(CSc1nnc(-c2cccs2)n1Cc1ccccc1)NCc1ccc(Cl)cc1Cl. The highest BCUT2D eigenvalue weighted by atomic mass is 35.5. The summed E-state index contributed by atoms with van der Waals surface area (Å²) in [5.41, 5.74) is 1.96. The van der Waals surface area contributed by atoms with Crippen LogP contribution in [0.4, 0.5) is 0 Å². The molecule has 2 aromatic carbocycles. The van der Waals surface area contributed by atoms with Crippen molar-refractivity contribution < 1.29 is 4.79 Å². The van der Waals surface area contributed by atoms with E-state index in [1.165, 1.54) is 11.8 Å². The van der Waals surface area contributed by atoms with E-state index >= 15 is 0 Å². The minimum atomic E-state index is -0.108. The summed E-state index contributed by atoms with van der Waals surface area (Å²) >= 11 is 15.1. The highest BCUT2D eigenvalue weighted by molar-refractivity contribution is 7.99. The number of halogens is 2. The average molecular weight is 489 g/mol. The summed E-state index contributed by atoms with van der Waals surface area (Å²) in [6, 6.07) is 19.4. The molecule has 4 rings (SSSR count). The van der Waals surface area contributed by atoms with E-state index in [1.54, 1.807) is 23.5 Å². The van der Waals surface area contributed by atoms with Gasteiger partial charge in [0.15, 0.2) is 11.0 Å². The maximum atomic E-state index is 12.4. The van der Waals surface area contributed by atoms with Crippen LogP contribution in [0.15, 0.2) is 71.2 Å². The molecule has 31 heavy (non-hydrogen) atoms.